The van der Waals surface area contributed by atoms with E-state index in [0.29, 0.717) is 6.61 Å². The molecule has 6 nitrogen and oxygen atoms in total. The number of anilines is 1. The molecule has 1 N–H and O–H groups in total. The van der Waals surface area contributed by atoms with Gasteiger partial charge in [0.2, 0.25) is 0 Å². The molecule has 6 heteroatoms. The lowest BCUT2D eigenvalue weighted by Crippen LogP contribution is -2.21. The summed E-state index contributed by atoms with van der Waals surface area (Å²) in [5, 5.41) is 4.77. The Morgan fingerprint density at radius 3 is 2.81 bits per heavy atom. The predicted molar refractivity (Wildman–Crippen MR) is 128 cm³/mol. The Labute approximate surface area is 190 Å². The molecule has 5 rings (SSSR count). The highest BCUT2D eigenvalue weighted by Gasteiger charge is 2.21. The van der Waals surface area contributed by atoms with Crippen molar-refractivity contribution in [1.29, 1.82) is 0 Å². The van der Waals surface area contributed by atoms with Gasteiger partial charge in [-0.1, -0.05) is 6.07 Å². The number of nitrogens with one attached hydrogen (secondary N) is 1. The molecule has 2 aromatic heterocycles. The van der Waals surface area contributed by atoms with Gasteiger partial charge < -0.3 is 19.7 Å². The summed E-state index contributed by atoms with van der Waals surface area (Å²) in [6.07, 6.45) is 10.6. The van der Waals surface area contributed by atoms with Crippen LogP contribution in [0.25, 0.3) is 10.9 Å². The molecule has 168 valence electrons. The van der Waals surface area contributed by atoms with Crippen molar-refractivity contribution in [3.8, 4) is 11.5 Å². The summed E-state index contributed by atoms with van der Waals surface area (Å²) in [5.74, 6) is 1.55. The van der Waals surface area contributed by atoms with Crippen LogP contribution in [0.4, 0.5) is 5.69 Å². The first-order valence-electron chi connectivity index (χ1n) is 11.8. The van der Waals surface area contributed by atoms with Gasteiger partial charge in [-0.25, -0.2) is 0 Å². The molecule has 1 aliphatic heterocycles. The fourth-order valence-corrected chi connectivity index (χ4v) is 4.91. The number of aryl methyl sites for hydroxylation is 1. The zero-order valence-electron chi connectivity index (χ0n) is 18.9. The first-order chi connectivity index (χ1) is 15.8. The fraction of sp³-hybridized carbons (Fsp3) is 0.462. The average Bonchev–Trinajstić information content (AvgIpc) is 3.51. The maximum Gasteiger partial charge on any atom is 0.163 e. The van der Waals surface area contributed by atoms with Crippen LogP contribution in [0.5, 0.6) is 11.5 Å². The molecule has 1 aliphatic carbocycles. The number of likely N-dealkylation sites (tertiary alicyclic amines) is 1. The SMILES string of the molecule is COc1cc2c(NCc3cccnc3)c3c(nc2cc1OCCCN1CCCC1)CCC3. The number of rotatable bonds is 9. The highest BCUT2D eigenvalue weighted by atomic mass is 16.5. The molecule has 0 saturated carbocycles. The second-order valence-corrected chi connectivity index (χ2v) is 8.75. The smallest absolute Gasteiger partial charge is 0.163 e. The maximum atomic E-state index is 6.16. The number of nitrogens with zero attached hydrogens (tertiary/aromatic N) is 3. The molecule has 0 unspecified atom stereocenters. The monoisotopic (exact) mass is 432 g/mol. The first kappa shape index (κ1) is 21.0. The van der Waals surface area contributed by atoms with Gasteiger partial charge in [-0.05, 0) is 74.9 Å². The topological polar surface area (TPSA) is 59.5 Å². The molecule has 0 spiro atoms. The van der Waals surface area contributed by atoms with Crippen molar-refractivity contribution >= 4 is 16.6 Å². The van der Waals surface area contributed by atoms with Crippen LogP contribution in [-0.2, 0) is 19.4 Å². The molecule has 0 radical (unpaired) electrons. The summed E-state index contributed by atoms with van der Waals surface area (Å²) in [7, 11) is 1.71. The Hall–Kier alpha value is -2.86. The van der Waals surface area contributed by atoms with Gasteiger partial charge in [-0.3, -0.25) is 9.97 Å². The van der Waals surface area contributed by atoms with Crippen molar-refractivity contribution in [1.82, 2.24) is 14.9 Å². The Bertz CT molecular complexity index is 1060. The van der Waals surface area contributed by atoms with Gasteiger partial charge in [-0.15, -0.1) is 0 Å². The van der Waals surface area contributed by atoms with Gasteiger partial charge >= 0.3 is 0 Å². The number of fused-ring (bicyclic) bond motifs is 2. The van der Waals surface area contributed by atoms with Crippen molar-refractivity contribution in [3.63, 3.8) is 0 Å². The van der Waals surface area contributed by atoms with Gasteiger partial charge in [-0.2, -0.15) is 0 Å². The van der Waals surface area contributed by atoms with E-state index in [-0.39, 0.29) is 0 Å². The van der Waals surface area contributed by atoms with E-state index in [9.17, 15) is 0 Å². The average molecular weight is 433 g/mol. The van der Waals surface area contributed by atoms with E-state index in [1.807, 2.05) is 12.3 Å². The van der Waals surface area contributed by atoms with Crippen LogP contribution in [0.2, 0.25) is 0 Å². The number of methoxy groups -OCH3 is 1. The molecule has 2 aliphatic rings. The molecule has 3 aromatic rings. The third-order valence-corrected chi connectivity index (χ3v) is 6.56. The number of aromatic nitrogens is 2. The number of hydrogen-bond acceptors (Lipinski definition) is 6. The molecule has 0 atom stereocenters. The van der Waals surface area contributed by atoms with Crippen molar-refractivity contribution < 1.29 is 9.47 Å². The summed E-state index contributed by atoms with van der Waals surface area (Å²) in [5.41, 5.74) is 5.84. The highest BCUT2D eigenvalue weighted by molar-refractivity contribution is 5.96. The molecule has 32 heavy (non-hydrogen) atoms. The summed E-state index contributed by atoms with van der Waals surface area (Å²) in [4.78, 5) is 11.8. The predicted octanol–water partition coefficient (Wildman–Crippen LogP) is 4.60. The first-order valence-corrected chi connectivity index (χ1v) is 11.8. The lowest BCUT2D eigenvalue weighted by atomic mass is 10.1. The van der Waals surface area contributed by atoms with Gasteiger partial charge in [0.15, 0.2) is 11.5 Å². The summed E-state index contributed by atoms with van der Waals surface area (Å²) < 4.78 is 11.9. The van der Waals surface area contributed by atoms with Crippen LogP contribution in [0, 0.1) is 0 Å². The van der Waals surface area contributed by atoms with Crippen molar-refractivity contribution in [3.05, 3.63) is 53.5 Å². The molecular formula is C26H32N4O2. The molecule has 1 saturated heterocycles. The normalized spacial score (nSPS) is 15.8. The van der Waals surface area contributed by atoms with Gasteiger partial charge in [0.1, 0.15) is 0 Å². The Kier molecular flexibility index (Phi) is 6.39. The molecule has 1 fully saturated rings. The molecule has 0 bridgehead atoms. The largest absolute Gasteiger partial charge is 0.493 e. The number of hydrogen-bond donors (Lipinski definition) is 1. The highest BCUT2D eigenvalue weighted by Crippen LogP contribution is 2.39. The Balaban J connectivity index is 1.39. The molecule has 3 heterocycles. The van der Waals surface area contributed by atoms with E-state index in [1.54, 1.807) is 13.3 Å². The fourth-order valence-electron chi connectivity index (χ4n) is 4.91. The zero-order valence-corrected chi connectivity index (χ0v) is 18.9. The lowest BCUT2D eigenvalue weighted by Gasteiger charge is -2.18. The zero-order chi connectivity index (χ0) is 21.8. The van der Waals surface area contributed by atoms with E-state index < -0.39 is 0 Å². The summed E-state index contributed by atoms with van der Waals surface area (Å²) in [6.45, 7) is 4.97. The lowest BCUT2D eigenvalue weighted by molar-refractivity contribution is 0.254. The van der Waals surface area contributed by atoms with E-state index in [0.717, 1.165) is 66.7 Å². The van der Waals surface area contributed by atoms with Crippen LogP contribution in [0.3, 0.4) is 0 Å². The molecule has 0 amide bonds. The van der Waals surface area contributed by atoms with E-state index in [4.69, 9.17) is 14.5 Å². The van der Waals surface area contributed by atoms with Gasteiger partial charge in [0.05, 0.1) is 19.2 Å². The minimum atomic E-state index is 0.690. The Morgan fingerprint density at radius 1 is 1.09 bits per heavy atom. The third kappa shape index (κ3) is 4.51. The van der Waals surface area contributed by atoms with E-state index in [1.165, 1.54) is 42.9 Å². The van der Waals surface area contributed by atoms with Crippen LogP contribution in [0.15, 0.2) is 36.7 Å². The molecule has 1 aromatic carbocycles. The van der Waals surface area contributed by atoms with Crippen LogP contribution in [-0.4, -0.2) is 48.2 Å². The van der Waals surface area contributed by atoms with Gasteiger partial charge in [0, 0.05) is 48.3 Å². The number of pyridine rings is 2. The Morgan fingerprint density at radius 2 is 2.00 bits per heavy atom. The summed E-state index contributed by atoms with van der Waals surface area (Å²) >= 11 is 0. The van der Waals surface area contributed by atoms with Crippen LogP contribution < -0.4 is 14.8 Å². The number of ether oxygens (including phenoxy) is 2. The maximum absolute atomic E-state index is 6.16. The van der Waals surface area contributed by atoms with Gasteiger partial charge in [0.25, 0.3) is 0 Å². The van der Waals surface area contributed by atoms with Crippen molar-refractivity contribution in [2.45, 2.75) is 45.1 Å². The van der Waals surface area contributed by atoms with Crippen LogP contribution >= 0.6 is 0 Å². The standard InChI is InChI=1S/C26H32N4O2/c1-31-24-15-21-23(16-25(24)32-14-6-13-30-11-2-3-12-30)29-22-9-4-8-20(22)26(21)28-18-19-7-5-10-27-17-19/h5,7,10,15-17H,2-4,6,8-9,11-14,18H2,1H3,(H,28,29). The van der Waals surface area contributed by atoms with Crippen molar-refractivity contribution in [2.75, 3.05) is 38.7 Å². The summed E-state index contributed by atoms with van der Waals surface area (Å²) in [6, 6.07) is 8.21. The molecular weight excluding hydrogens is 400 g/mol. The second-order valence-electron chi connectivity index (χ2n) is 8.75. The van der Waals surface area contributed by atoms with E-state index in [2.05, 4.69) is 33.4 Å². The minimum absolute atomic E-state index is 0.690. The second kappa shape index (κ2) is 9.74. The van der Waals surface area contributed by atoms with Crippen LogP contribution in [0.1, 0.15) is 42.5 Å². The quantitative estimate of drug-likeness (QED) is 0.499. The third-order valence-electron chi connectivity index (χ3n) is 6.56. The minimum Gasteiger partial charge on any atom is -0.493 e. The number of benzene rings is 1. The van der Waals surface area contributed by atoms with E-state index >= 15 is 0 Å². The van der Waals surface area contributed by atoms with Crippen molar-refractivity contribution in [2.24, 2.45) is 0 Å².